The van der Waals surface area contributed by atoms with Gasteiger partial charge in [-0.25, -0.2) is 23.1 Å². The Kier molecular flexibility index (Phi) is 5.63. The summed E-state index contributed by atoms with van der Waals surface area (Å²) in [4.78, 5) is 22.3. The molecular formula is C18H22N4O3S. The Hall–Kier alpha value is -2.32. The molecule has 0 saturated carbocycles. The quantitative estimate of drug-likeness (QED) is 0.779. The van der Waals surface area contributed by atoms with Crippen molar-refractivity contribution in [1.29, 1.82) is 0 Å². The number of piperidine rings is 1. The average molecular weight is 374 g/mol. The molecule has 0 aliphatic carbocycles. The van der Waals surface area contributed by atoms with Crippen molar-refractivity contribution in [2.75, 3.05) is 18.0 Å². The summed E-state index contributed by atoms with van der Waals surface area (Å²) in [5.41, 5.74) is 0.358. The summed E-state index contributed by atoms with van der Waals surface area (Å²) in [5.74, 6) is 1.06. The molecule has 1 aromatic heterocycles. The fourth-order valence-corrected chi connectivity index (χ4v) is 3.92. The Morgan fingerprint density at radius 3 is 2.69 bits per heavy atom. The lowest BCUT2D eigenvalue weighted by molar-refractivity contribution is 0.101. The second kappa shape index (κ2) is 7.92. The van der Waals surface area contributed by atoms with Crippen molar-refractivity contribution in [1.82, 2.24) is 14.7 Å². The van der Waals surface area contributed by atoms with Crippen molar-refractivity contribution in [3.05, 3.63) is 47.9 Å². The highest BCUT2D eigenvalue weighted by molar-refractivity contribution is 7.89. The fourth-order valence-electron chi connectivity index (χ4n) is 2.90. The van der Waals surface area contributed by atoms with Crippen LogP contribution >= 0.6 is 0 Å². The molecule has 0 radical (unpaired) electrons. The van der Waals surface area contributed by atoms with E-state index >= 15 is 0 Å². The Morgan fingerprint density at radius 1 is 1.19 bits per heavy atom. The lowest BCUT2D eigenvalue weighted by Gasteiger charge is -2.27. The third kappa shape index (κ3) is 4.44. The van der Waals surface area contributed by atoms with Crippen LogP contribution in [0.25, 0.3) is 0 Å². The maximum absolute atomic E-state index is 12.5. The van der Waals surface area contributed by atoms with Crippen molar-refractivity contribution in [3.8, 4) is 0 Å². The van der Waals surface area contributed by atoms with E-state index in [0.717, 1.165) is 31.7 Å². The minimum Gasteiger partial charge on any atom is -0.357 e. The van der Waals surface area contributed by atoms with E-state index in [2.05, 4.69) is 19.6 Å². The van der Waals surface area contributed by atoms with Crippen LogP contribution in [0.4, 0.5) is 5.82 Å². The molecule has 7 nitrogen and oxygen atoms in total. The number of rotatable bonds is 6. The van der Waals surface area contributed by atoms with Crippen LogP contribution in [0.5, 0.6) is 0 Å². The number of sulfonamides is 1. The van der Waals surface area contributed by atoms with Crippen molar-refractivity contribution < 1.29 is 13.2 Å². The molecule has 2 heterocycles. The van der Waals surface area contributed by atoms with E-state index < -0.39 is 10.0 Å². The number of aromatic nitrogens is 2. The molecule has 1 aromatic carbocycles. The SMILES string of the molecule is CC(=O)c1cccc(S(=O)(=O)NCc2nccc(N3CCCCC3)n2)c1. The van der Waals surface area contributed by atoms with E-state index in [9.17, 15) is 13.2 Å². The maximum Gasteiger partial charge on any atom is 0.240 e. The average Bonchev–Trinajstić information content (AvgIpc) is 2.67. The van der Waals surface area contributed by atoms with E-state index in [1.54, 1.807) is 18.3 Å². The van der Waals surface area contributed by atoms with Gasteiger partial charge >= 0.3 is 0 Å². The molecule has 0 bridgehead atoms. The molecule has 1 aliphatic rings. The van der Waals surface area contributed by atoms with Gasteiger partial charge in [0.1, 0.15) is 11.6 Å². The van der Waals surface area contributed by atoms with Crippen LogP contribution in [0, 0.1) is 0 Å². The number of nitrogens with one attached hydrogen (secondary N) is 1. The first kappa shape index (κ1) is 18.5. The summed E-state index contributed by atoms with van der Waals surface area (Å²) in [6.07, 6.45) is 5.15. The van der Waals surface area contributed by atoms with Crippen molar-refractivity contribution in [2.45, 2.75) is 37.6 Å². The summed E-state index contributed by atoms with van der Waals surface area (Å²) in [6, 6.07) is 7.82. The highest BCUT2D eigenvalue weighted by Gasteiger charge is 2.17. The number of Topliss-reactive ketones (excluding diaryl/α,β-unsaturated/α-hetero) is 1. The van der Waals surface area contributed by atoms with Gasteiger partial charge < -0.3 is 4.90 Å². The highest BCUT2D eigenvalue weighted by atomic mass is 32.2. The van der Waals surface area contributed by atoms with Gasteiger partial charge in [-0.05, 0) is 44.4 Å². The first-order valence-corrected chi connectivity index (χ1v) is 10.1. The van der Waals surface area contributed by atoms with Crippen LogP contribution in [0.15, 0.2) is 41.4 Å². The zero-order valence-corrected chi connectivity index (χ0v) is 15.5. The van der Waals surface area contributed by atoms with Gasteiger partial charge in [0.25, 0.3) is 0 Å². The van der Waals surface area contributed by atoms with Gasteiger partial charge in [0.15, 0.2) is 5.78 Å². The van der Waals surface area contributed by atoms with Crippen molar-refractivity contribution >= 4 is 21.6 Å². The minimum absolute atomic E-state index is 0.00564. The van der Waals surface area contributed by atoms with Gasteiger partial charge in [-0.1, -0.05) is 12.1 Å². The van der Waals surface area contributed by atoms with E-state index in [1.807, 2.05) is 6.07 Å². The van der Waals surface area contributed by atoms with Crippen LogP contribution in [0.2, 0.25) is 0 Å². The fraction of sp³-hybridized carbons (Fsp3) is 0.389. The predicted molar refractivity (Wildman–Crippen MR) is 98.6 cm³/mol. The largest absolute Gasteiger partial charge is 0.357 e. The Bertz CT molecular complexity index is 893. The van der Waals surface area contributed by atoms with Gasteiger partial charge in [-0.3, -0.25) is 4.79 Å². The second-order valence-corrected chi connectivity index (χ2v) is 8.05. The van der Waals surface area contributed by atoms with Gasteiger partial charge in [0.2, 0.25) is 10.0 Å². The normalized spacial score (nSPS) is 15.0. The Labute approximate surface area is 153 Å². The van der Waals surface area contributed by atoms with Gasteiger partial charge in [0.05, 0.1) is 11.4 Å². The number of anilines is 1. The first-order valence-electron chi connectivity index (χ1n) is 8.63. The van der Waals surface area contributed by atoms with Crippen molar-refractivity contribution in [3.63, 3.8) is 0 Å². The topological polar surface area (TPSA) is 92.3 Å². The first-order chi connectivity index (χ1) is 12.5. The Morgan fingerprint density at radius 2 is 1.96 bits per heavy atom. The number of carbonyl (C=O) groups is 1. The molecule has 0 atom stereocenters. The maximum atomic E-state index is 12.5. The third-order valence-corrected chi connectivity index (χ3v) is 5.74. The van der Waals surface area contributed by atoms with E-state index in [0.29, 0.717) is 11.4 Å². The molecule has 0 unspecified atom stereocenters. The molecule has 138 valence electrons. The lowest BCUT2D eigenvalue weighted by Crippen LogP contribution is -2.31. The third-order valence-electron chi connectivity index (χ3n) is 4.34. The van der Waals surface area contributed by atoms with Gasteiger partial charge in [0, 0.05) is 24.8 Å². The zero-order chi connectivity index (χ0) is 18.6. The molecule has 1 N–H and O–H groups in total. The predicted octanol–water partition coefficient (Wildman–Crippen LogP) is 2.15. The highest BCUT2D eigenvalue weighted by Crippen LogP contribution is 2.17. The van der Waals surface area contributed by atoms with Gasteiger partial charge in [-0.15, -0.1) is 0 Å². The summed E-state index contributed by atoms with van der Waals surface area (Å²) >= 11 is 0. The molecule has 3 rings (SSSR count). The molecule has 1 aliphatic heterocycles. The number of benzene rings is 1. The van der Waals surface area contributed by atoms with Crippen LogP contribution in [-0.2, 0) is 16.6 Å². The standard InChI is InChI=1S/C18H22N4O3S/c1-14(23)15-6-5-7-16(12-15)26(24,25)20-13-17-19-9-8-18(21-17)22-10-3-2-4-11-22/h5-9,12,20H,2-4,10-11,13H2,1H3. The number of nitrogens with zero attached hydrogens (tertiary/aromatic N) is 3. The molecule has 8 heteroatoms. The molecule has 1 fully saturated rings. The van der Waals surface area contributed by atoms with Crippen LogP contribution < -0.4 is 9.62 Å². The molecule has 1 saturated heterocycles. The summed E-state index contributed by atoms with van der Waals surface area (Å²) in [7, 11) is -3.75. The summed E-state index contributed by atoms with van der Waals surface area (Å²) < 4.78 is 27.5. The van der Waals surface area contributed by atoms with Crippen molar-refractivity contribution in [2.24, 2.45) is 0 Å². The molecule has 0 spiro atoms. The van der Waals surface area contributed by atoms with Gasteiger partial charge in [-0.2, -0.15) is 0 Å². The molecule has 2 aromatic rings. The van der Waals surface area contributed by atoms with E-state index in [4.69, 9.17) is 0 Å². The Balaban J connectivity index is 1.71. The van der Waals surface area contributed by atoms with Crippen LogP contribution in [0.3, 0.4) is 0 Å². The summed E-state index contributed by atoms with van der Waals surface area (Å²) in [6.45, 7) is 3.31. The lowest BCUT2D eigenvalue weighted by atomic mass is 10.1. The smallest absolute Gasteiger partial charge is 0.240 e. The molecular weight excluding hydrogens is 352 g/mol. The second-order valence-electron chi connectivity index (χ2n) is 6.29. The number of hydrogen-bond acceptors (Lipinski definition) is 6. The number of hydrogen-bond donors (Lipinski definition) is 1. The zero-order valence-electron chi connectivity index (χ0n) is 14.7. The monoisotopic (exact) mass is 374 g/mol. The van der Waals surface area contributed by atoms with Crippen LogP contribution in [0.1, 0.15) is 42.4 Å². The molecule has 26 heavy (non-hydrogen) atoms. The van der Waals surface area contributed by atoms with Crippen LogP contribution in [-0.4, -0.2) is 37.3 Å². The van der Waals surface area contributed by atoms with E-state index in [1.165, 1.54) is 25.5 Å². The minimum atomic E-state index is -3.75. The van der Waals surface area contributed by atoms with E-state index in [-0.39, 0.29) is 17.2 Å². The summed E-state index contributed by atoms with van der Waals surface area (Å²) in [5, 5.41) is 0. The number of carbonyl (C=O) groups excluding carboxylic acids is 1. The molecule has 0 amide bonds. The number of ketones is 1.